The molecule has 3 nitrogen and oxygen atoms in total. The number of rotatable bonds is 11. The molecule has 0 saturated heterocycles. The van der Waals surface area contributed by atoms with Gasteiger partial charge in [0.15, 0.2) is 0 Å². The molecule has 0 aliphatic heterocycles. The van der Waals surface area contributed by atoms with Crippen LogP contribution in [0.25, 0.3) is 0 Å². The van der Waals surface area contributed by atoms with Crippen molar-refractivity contribution in [2.24, 2.45) is 10.4 Å². The van der Waals surface area contributed by atoms with Crippen LogP contribution in [0.4, 0.5) is 0 Å². The maximum atomic E-state index is 8.66. The lowest BCUT2D eigenvalue weighted by molar-refractivity contribution is 0.287. The number of aliphatic hydroxyl groups is 1. The number of hydrogen-bond acceptors (Lipinski definition) is 4. The van der Waals surface area contributed by atoms with Gasteiger partial charge in [-0.05, 0) is 25.0 Å². The lowest BCUT2D eigenvalue weighted by Crippen LogP contribution is -2.21. The molecular formula is C16H28N2OS. The third kappa shape index (κ3) is 8.56. The number of allylic oxidation sites excluding steroid dienone is 4. The van der Waals surface area contributed by atoms with E-state index in [-0.39, 0.29) is 5.41 Å². The van der Waals surface area contributed by atoms with Crippen molar-refractivity contribution in [1.29, 1.82) is 0 Å². The molecule has 0 amide bonds. The zero-order valence-electron chi connectivity index (χ0n) is 12.6. The topological polar surface area (TPSA) is 44.6 Å². The first-order valence-electron chi connectivity index (χ1n) is 7.51. The summed E-state index contributed by atoms with van der Waals surface area (Å²) in [6.07, 6.45) is 13.8. The summed E-state index contributed by atoms with van der Waals surface area (Å²) < 4.78 is 0. The Bertz CT molecular complexity index is 328. The first kappa shape index (κ1) is 17.5. The van der Waals surface area contributed by atoms with Gasteiger partial charge in [0.1, 0.15) is 0 Å². The fourth-order valence-electron chi connectivity index (χ4n) is 1.94. The van der Waals surface area contributed by atoms with Gasteiger partial charge in [-0.3, -0.25) is 4.99 Å². The average molecular weight is 296 g/mol. The maximum absolute atomic E-state index is 8.66. The van der Waals surface area contributed by atoms with Crippen LogP contribution in [0.1, 0.15) is 26.2 Å². The highest BCUT2D eigenvalue weighted by molar-refractivity contribution is 7.99. The van der Waals surface area contributed by atoms with Gasteiger partial charge in [0.25, 0.3) is 0 Å². The lowest BCUT2D eigenvalue weighted by Gasteiger charge is -2.20. The van der Waals surface area contributed by atoms with E-state index in [9.17, 15) is 0 Å². The van der Waals surface area contributed by atoms with E-state index in [1.165, 1.54) is 0 Å². The molecule has 20 heavy (non-hydrogen) atoms. The second-order valence-corrected chi connectivity index (χ2v) is 6.55. The van der Waals surface area contributed by atoms with E-state index in [0.717, 1.165) is 50.4 Å². The van der Waals surface area contributed by atoms with E-state index in [1.807, 2.05) is 11.8 Å². The van der Waals surface area contributed by atoms with Crippen LogP contribution < -0.4 is 5.32 Å². The van der Waals surface area contributed by atoms with Gasteiger partial charge in [-0.2, -0.15) is 11.8 Å². The van der Waals surface area contributed by atoms with E-state index in [4.69, 9.17) is 5.11 Å². The molecule has 0 fully saturated rings. The van der Waals surface area contributed by atoms with Crippen molar-refractivity contribution in [3.8, 4) is 0 Å². The summed E-state index contributed by atoms with van der Waals surface area (Å²) in [6, 6.07) is 0. The zero-order valence-corrected chi connectivity index (χ0v) is 13.4. The Kier molecular flexibility index (Phi) is 9.71. The van der Waals surface area contributed by atoms with Crippen molar-refractivity contribution in [2.75, 3.05) is 37.7 Å². The van der Waals surface area contributed by atoms with Crippen LogP contribution >= 0.6 is 11.8 Å². The predicted octanol–water partition coefficient (Wildman–Crippen LogP) is 2.67. The van der Waals surface area contributed by atoms with Crippen molar-refractivity contribution >= 4 is 18.0 Å². The third-order valence-corrected chi connectivity index (χ3v) is 4.28. The SMILES string of the molecule is CC1(C=NCCNCCSCCCCO)C=CC=CC1. The number of aliphatic imine (C=N–C) groups is 1. The van der Waals surface area contributed by atoms with Gasteiger partial charge < -0.3 is 10.4 Å². The Balaban J connectivity index is 1.92. The summed E-state index contributed by atoms with van der Waals surface area (Å²) in [6.45, 7) is 5.37. The number of thioether (sulfide) groups is 1. The average Bonchev–Trinajstić information content (AvgIpc) is 2.45. The normalized spacial score (nSPS) is 21.9. The van der Waals surface area contributed by atoms with Gasteiger partial charge in [-0.1, -0.05) is 31.2 Å². The summed E-state index contributed by atoms with van der Waals surface area (Å²) in [5.41, 5.74) is 0.108. The summed E-state index contributed by atoms with van der Waals surface area (Å²) >= 11 is 1.95. The molecular weight excluding hydrogens is 268 g/mol. The van der Waals surface area contributed by atoms with Crippen LogP contribution in [0.5, 0.6) is 0 Å². The highest BCUT2D eigenvalue weighted by atomic mass is 32.2. The van der Waals surface area contributed by atoms with Gasteiger partial charge in [-0.15, -0.1) is 0 Å². The van der Waals surface area contributed by atoms with E-state index in [0.29, 0.717) is 6.61 Å². The second kappa shape index (κ2) is 11.1. The summed E-state index contributed by atoms with van der Waals surface area (Å²) in [5, 5.41) is 12.1. The fraction of sp³-hybridized carbons (Fsp3) is 0.688. The number of nitrogens with zero attached hydrogens (tertiary/aromatic N) is 1. The Morgan fingerprint density at radius 1 is 1.30 bits per heavy atom. The van der Waals surface area contributed by atoms with Gasteiger partial charge in [0.2, 0.25) is 0 Å². The minimum absolute atomic E-state index is 0.108. The lowest BCUT2D eigenvalue weighted by atomic mass is 9.85. The largest absolute Gasteiger partial charge is 0.396 e. The minimum atomic E-state index is 0.108. The van der Waals surface area contributed by atoms with Crippen molar-refractivity contribution in [3.63, 3.8) is 0 Å². The first-order valence-corrected chi connectivity index (χ1v) is 8.67. The summed E-state index contributed by atoms with van der Waals surface area (Å²) in [7, 11) is 0. The molecule has 0 heterocycles. The summed E-state index contributed by atoms with van der Waals surface area (Å²) in [5.74, 6) is 2.29. The maximum Gasteiger partial charge on any atom is 0.0510 e. The molecule has 1 aliphatic rings. The van der Waals surface area contributed by atoms with Crippen molar-refractivity contribution in [2.45, 2.75) is 26.2 Å². The Morgan fingerprint density at radius 2 is 2.20 bits per heavy atom. The van der Waals surface area contributed by atoms with E-state index < -0.39 is 0 Å². The second-order valence-electron chi connectivity index (χ2n) is 5.33. The van der Waals surface area contributed by atoms with Crippen LogP contribution in [0.2, 0.25) is 0 Å². The first-order chi connectivity index (χ1) is 9.77. The quantitative estimate of drug-likeness (QED) is 0.455. The minimum Gasteiger partial charge on any atom is -0.396 e. The molecule has 1 atom stereocenters. The molecule has 0 aromatic carbocycles. The molecule has 0 bridgehead atoms. The van der Waals surface area contributed by atoms with Crippen molar-refractivity contribution in [3.05, 3.63) is 24.3 Å². The van der Waals surface area contributed by atoms with Crippen LogP contribution in [-0.2, 0) is 0 Å². The van der Waals surface area contributed by atoms with Crippen molar-refractivity contribution in [1.82, 2.24) is 5.32 Å². The Morgan fingerprint density at radius 3 is 2.95 bits per heavy atom. The van der Waals surface area contributed by atoms with E-state index in [2.05, 4.69) is 47.8 Å². The molecule has 0 saturated carbocycles. The monoisotopic (exact) mass is 296 g/mol. The van der Waals surface area contributed by atoms with Crippen molar-refractivity contribution < 1.29 is 5.11 Å². The smallest absolute Gasteiger partial charge is 0.0510 e. The van der Waals surface area contributed by atoms with Crippen LogP contribution in [0.3, 0.4) is 0 Å². The molecule has 0 spiro atoms. The van der Waals surface area contributed by atoms with Gasteiger partial charge in [0.05, 0.1) is 6.54 Å². The molecule has 4 heteroatoms. The molecule has 0 radical (unpaired) electrons. The third-order valence-electron chi connectivity index (χ3n) is 3.21. The molecule has 114 valence electrons. The number of aliphatic hydroxyl groups excluding tert-OH is 1. The number of nitrogens with one attached hydrogen (secondary N) is 1. The molecule has 1 aliphatic carbocycles. The summed E-state index contributed by atoms with van der Waals surface area (Å²) in [4.78, 5) is 4.52. The standard InChI is InChI=1S/C16H28N2OS/c1-16(7-3-2-4-8-16)15-18-10-9-17-11-14-20-13-6-5-12-19/h2-4,7,15,17,19H,5-6,8-14H2,1H3. The van der Waals surface area contributed by atoms with Gasteiger partial charge in [0, 0.05) is 37.1 Å². The molecule has 1 rings (SSSR count). The van der Waals surface area contributed by atoms with Gasteiger partial charge in [-0.25, -0.2) is 0 Å². The predicted molar refractivity (Wildman–Crippen MR) is 90.9 cm³/mol. The van der Waals surface area contributed by atoms with E-state index >= 15 is 0 Å². The van der Waals surface area contributed by atoms with Crippen LogP contribution in [-0.4, -0.2) is 49.1 Å². The van der Waals surface area contributed by atoms with Gasteiger partial charge >= 0.3 is 0 Å². The van der Waals surface area contributed by atoms with E-state index in [1.54, 1.807) is 0 Å². The fourth-order valence-corrected chi connectivity index (χ4v) is 2.84. The van der Waals surface area contributed by atoms with Crippen LogP contribution in [0, 0.1) is 5.41 Å². The highest BCUT2D eigenvalue weighted by Crippen LogP contribution is 2.24. The molecule has 0 aromatic heterocycles. The van der Waals surface area contributed by atoms with Crippen LogP contribution in [0.15, 0.2) is 29.3 Å². The number of hydrogen-bond donors (Lipinski definition) is 2. The number of unbranched alkanes of at least 4 members (excludes halogenated alkanes) is 1. The Labute approximate surface area is 127 Å². The highest BCUT2D eigenvalue weighted by Gasteiger charge is 2.17. The Hall–Kier alpha value is -0.580. The molecule has 2 N–H and O–H groups in total. The molecule has 0 aromatic rings. The zero-order chi connectivity index (χ0) is 14.5. The molecule has 1 unspecified atom stereocenters.